The third-order valence-corrected chi connectivity index (χ3v) is 4.55. The average Bonchev–Trinajstić information content (AvgIpc) is 3.33. The Hall–Kier alpha value is -3.75. The molecule has 3 heterocycles. The first-order chi connectivity index (χ1) is 14.0. The molecule has 0 aliphatic rings. The lowest BCUT2D eigenvalue weighted by Gasteiger charge is -2.19. The summed E-state index contributed by atoms with van der Waals surface area (Å²) in [5.74, 6) is 2.12. The zero-order chi connectivity index (χ0) is 20.4. The second-order valence-electron chi connectivity index (χ2n) is 7.11. The molecule has 1 atom stereocenters. The van der Waals surface area contributed by atoms with Gasteiger partial charge in [-0.1, -0.05) is 26.0 Å². The SMILES string of the molecule is Cc1nc([C@H](NC(=O)Nc2ccc(-n3cnc4ccccc43)nc2)C(C)C)n[nH]1. The van der Waals surface area contributed by atoms with Gasteiger partial charge >= 0.3 is 6.03 Å². The van der Waals surface area contributed by atoms with E-state index in [1.165, 1.54) is 0 Å². The number of H-pyrrole nitrogens is 1. The van der Waals surface area contributed by atoms with Crippen molar-refractivity contribution >= 4 is 22.8 Å². The highest BCUT2D eigenvalue weighted by Gasteiger charge is 2.22. The van der Waals surface area contributed by atoms with Crippen molar-refractivity contribution in [1.29, 1.82) is 0 Å². The molecule has 4 aromatic rings. The van der Waals surface area contributed by atoms with Crippen LogP contribution in [0.4, 0.5) is 10.5 Å². The van der Waals surface area contributed by atoms with Gasteiger partial charge in [-0.05, 0) is 37.1 Å². The number of aromatic nitrogens is 6. The van der Waals surface area contributed by atoms with Crippen LogP contribution in [0.3, 0.4) is 0 Å². The smallest absolute Gasteiger partial charge is 0.319 e. The van der Waals surface area contributed by atoms with E-state index in [-0.39, 0.29) is 18.0 Å². The molecule has 3 N–H and O–H groups in total. The molecular weight excluding hydrogens is 368 g/mol. The van der Waals surface area contributed by atoms with Gasteiger partial charge in [0.05, 0.1) is 29.0 Å². The summed E-state index contributed by atoms with van der Waals surface area (Å²) in [6.45, 7) is 5.83. The minimum atomic E-state index is -0.339. The van der Waals surface area contributed by atoms with E-state index in [1.807, 2.05) is 55.7 Å². The van der Waals surface area contributed by atoms with Crippen LogP contribution in [0.2, 0.25) is 0 Å². The van der Waals surface area contributed by atoms with Crippen molar-refractivity contribution in [3.63, 3.8) is 0 Å². The highest BCUT2D eigenvalue weighted by Crippen LogP contribution is 2.19. The Morgan fingerprint density at radius 2 is 1.97 bits per heavy atom. The van der Waals surface area contributed by atoms with Gasteiger partial charge in [0.25, 0.3) is 0 Å². The second kappa shape index (κ2) is 7.70. The van der Waals surface area contributed by atoms with Crippen LogP contribution in [-0.4, -0.2) is 35.7 Å². The third-order valence-electron chi connectivity index (χ3n) is 4.55. The number of fused-ring (bicyclic) bond motifs is 1. The number of urea groups is 1. The first-order valence-electron chi connectivity index (χ1n) is 9.36. The van der Waals surface area contributed by atoms with Crippen molar-refractivity contribution < 1.29 is 4.79 Å². The first-order valence-corrected chi connectivity index (χ1v) is 9.36. The molecule has 0 aliphatic carbocycles. The topological polar surface area (TPSA) is 113 Å². The van der Waals surface area contributed by atoms with E-state index in [0.717, 1.165) is 16.9 Å². The number of imidazole rings is 1. The minimum Gasteiger partial charge on any atom is -0.328 e. The van der Waals surface area contributed by atoms with Crippen molar-refractivity contribution in [3.05, 3.63) is 60.6 Å². The Morgan fingerprint density at radius 1 is 1.14 bits per heavy atom. The number of hydrogen-bond donors (Lipinski definition) is 3. The maximum absolute atomic E-state index is 12.5. The summed E-state index contributed by atoms with van der Waals surface area (Å²) in [7, 11) is 0. The number of aromatic amines is 1. The van der Waals surface area contributed by atoms with E-state index in [4.69, 9.17) is 0 Å². The Bertz CT molecular complexity index is 1130. The van der Waals surface area contributed by atoms with Crippen LogP contribution in [0, 0.1) is 12.8 Å². The molecule has 0 aliphatic heterocycles. The average molecular weight is 390 g/mol. The highest BCUT2D eigenvalue weighted by atomic mass is 16.2. The molecule has 2 amide bonds. The normalized spacial score (nSPS) is 12.3. The number of carbonyl (C=O) groups is 1. The molecule has 0 fully saturated rings. The van der Waals surface area contributed by atoms with Crippen LogP contribution >= 0.6 is 0 Å². The van der Waals surface area contributed by atoms with Gasteiger partial charge in [0.2, 0.25) is 0 Å². The molecule has 0 bridgehead atoms. The Morgan fingerprint density at radius 3 is 2.66 bits per heavy atom. The molecule has 0 saturated heterocycles. The Labute approximate surface area is 167 Å². The largest absolute Gasteiger partial charge is 0.328 e. The molecule has 0 saturated carbocycles. The predicted molar refractivity (Wildman–Crippen MR) is 110 cm³/mol. The number of pyridine rings is 1. The summed E-state index contributed by atoms with van der Waals surface area (Å²) in [6, 6.07) is 10.8. The summed E-state index contributed by atoms with van der Waals surface area (Å²) in [5.41, 5.74) is 2.46. The number of benzene rings is 1. The fraction of sp³-hybridized carbons (Fsp3) is 0.250. The number of amides is 2. The van der Waals surface area contributed by atoms with Gasteiger partial charge in [-0.2, -0.15) is 5.10 Å². The van der Waals surface area contributed by atoms with Gasteiger partial charge in [0, 0.05) is 0 Å². The number of carbonyl (C=O) groups excluding carboxylic acids is 1. The number of hydrogen-bond acceptors (Lipinski definition) is 5. The molecule has 148 valence electrons. The lowest BCUT2D eigenvalue weighted by molar-refractivity contribution is 0.244. The number of rotatable bonds is 5. The van der Waals surface area contributed by atoms with Gasteiger partial charge in [0.15, 0.2) is 5.82 Å². The molecule has 9 nitrogen and oxygen atoms in total. The second-order valence-corrected chi connectivity index (χ2v) is 7.11. The molecule has 0 radical (unpaired) electrons. The van der Waals surface area contributed by atoms with Crippen molar-refractivity contribution in [3.8, 4) is 5.82 Å². The van der Waals surface area contributed by atoms with Crippen LogP contribution < -0.4 is 10.6 Å². The van der Waals surface area contributed by atoms with Crippen LogP contribution in [0.15, 0.2) is 48.9 Å². The van der Waals surface area contributed by atoms with Crippen LogP contribution in [0.1, 0.15) is 31.5 Å². The van der Waals surface area contributed by atoms with Crippen LogP contribution in [0.25, 0.3) is 16.9 Å². The molecule has 1 aromatic carbocycles. The Kier molecular flexibility index (Phi) is 4.94. The van der Waals surface area contributed by atoms with Crippen molar-refractivity contribution in [2.45, 2.75) is 26.8 Å². The molecule has 29 heavy (non-hydrogen) atoms. The third kappa shape index (κ3) is 3.93. The zero-order valence-electron chi connectivity index (χ0n) is 16.4. The van der Waals surface area contributed by atoms with Gasteiger partial charge < -0.3 is 10.6 Å². The number of nitrogens with zero attached hydrogens (tertiary/aromatic N) is 5. The number of nitrogens with one attached hydrogen (secondary N) is 3. The quantitative estimate of drug-likeness (QED) is 0.483. The summed E-state index contributed by atoms with van der Waals surface area (Å²) in [5, 5.41) is 12.7. The maximum atomic E-state index is 12.5. The van der Waals surface area contributed by atoms with Crippen molar-refractivity contribution in [2.24, 2.45) is 5.92 Å². The molecule has 0 spiro atoms. The highest BCUT2D eigenvalue weighted by molar-refractivity contribution is 5.89. The lowest BCUT2D eigenvalue weighted by atomic mass is 10.0. The van der Waals surface area contributed by atoms with E-state index in [9.17, 15) is 4.79 Å². The maximum Gasteiger partial charge on any atom is 0.319 e. The van der Waals surface area contributed by atoms with E-state index >= 15 is 0 Å². The predicted octanol–water partition coefficient (Wildman–Crippen LogP) is 3.37. The Balaban J connectivity index is 1.46. The van der Waals surface area contributed by atoms with Gasteiger partial charge in [-0.25, -0.2) is 19.7 Å². The molecule has 0 unspecified atom stereocenters. The minimum absolute atomic E-state index is 0.131. The van der Waals surface area contributed by atoms with Crippen molar-refractivity contribution in [1.82, 2.24) is 35.0 Å². The first kappa shape index (κ1) is 18.6. The van der Waals surface area contributed by atoms with E-state index in [0.29, 0.717) is 17.3 Å². The fourth-order valence-electron chi connectivity index (χ4n) is 3.08. The summed E-state index contributed by atoms with van der Waals surface area (Å²) in [6.07, 6.45) is 3.35. The lowest BCUT2D eigenvalue weighted by Crippen LogP contribution is -2.35. The molecular formula is C20H22N8O. The fourth-order valence-corrected chi connectivity index (χ4v) is 3.08. The van der Waals surface area contributed by atoms with Crippen LogP contribution in [-0.2, 0) is 0 Å². The number of para-hydroxylation sites is 2. The van der Waals surface area contributed by atoms with Crippen LogP contribution in [0.5, 0.6) is 0 Å². The van der Waals surface area contributed by atoms with E-state index in [2.05, 4.69) is 35.8 Å². The van der Waals surface area contributed by atoms with Crippen molar-refractivity contribution in [2.75, 3.05) is 5.32 Å². The van der Waals surface area contributed by atoms with E-state index in [1.54, 1.807) is 18.6 Å². The molecule has 9 heteroatoms. The van der Waals surface area contributed by atoms with Gasteiger partial charge in [-0.15, -0.1) is 0 Å². The van der Waals surface area contributed by atoms with E-state index < -0.39 is 0 Å². The summed E-state index contributed by atoms with van der Waals surface area (Å²) < 4.78 is 1.90. The van der Waals surface area contributed by atoms with Gasteiger partial charge in [-0.3, -0.25) is 9.67 Å². The summed E-state index contributed by atoms with van der Waals surface area (Å²) in [4.78, 5) is 25.6. The van der Waals surface area contributed by atoms with Gasteiger partial charge in [0.1, 0.15) is 18.0 Å². The molecule has 3 aromatic heterocycles. The zero-order valence-corrected chi connectivity index (χ0v) is 16.4. The monoisotopic (exact) mass is 390 g/mol. The number of aryl methyl sites for hydroxylation is 1. The number of anilines is 1. The summed E-state index contributed by atoms with van der Waals surface area (Å²) >= 11 is 0. The standard InChI is InChI=1S/C20H22N8O/c1-12(2)18(19-23-13(3)26-27-19)25-20(29)24-14-8-9-17(21-10-14)28-11-22-15-6-4-5-7-16(15)28/h4-12,18H,1-3H3,(H,23,26,27)(H2,24,25,29)/t18-/m1/s1. The molecule has 4 rings (SSSR count).